The first kappa shape index (κ1) is 17.1. The fourth-order valence-electron chi connectivity index (χ4n) is 4.08. The smallest absolute Gasteiger partial charge is 0.120 e. The summed E-state index contributed by atoms with van der Waals surface area (Å²) in [6, 6.07) is 27.4. The van der Waals surface area contributed by atoms with Crippen LogP contribution in [0.25, 0.3) is 10.9 Å². The second-order valence-corrected chi connectivity index (χ2v) is 7.51. The molecular formula is C25H24N2O. The minimum absolute atomic E-state index is 0.601. The number of hydrogen-bond donors (Lipinski definition) is 1. The van der Waals surface area contributed by atoms with Gasteiger partial charge in [-0.2, -0.15) is 0 Å². The number of nitrogens with zero attached hydrogens (tertiary/aromatic N) is 1. The van der Waals surface area contributed by atoms with E-state index in [9.17, 15) is 0 Å². The van der Waals surface area contributed by atoms with E-state index in [2.05, 4.69) is 70.5 Å². The van der Waals surface area contributed by atoms with Crippen molar-refractivity contribution in [3.63, 3.8) is 0 Å². The highest BCUT2D eigenvalue weighted by molar-refractivity contribution is 5.86. The van der Waals surface area contributed by atoms with Gasteiger partial charge < -0.3 is 9.72 Å². The summed E-state index contributed by atoms with van der Waals surface area (Å²) in [6.07, 6.45) is 1.07. The average Bonchev–Trinajstić information content (AvgIpc) is 3.11. The second-order valence-electron chi connectivity index (χ2n) is 7.51. The van der Waals surface area contributed by atoms with Crippen LogP contribution in [-0.4, -0.2) is 16.4 Å². The Bertz CT molecular complexity index is 1070. The molecule has 0 fully saturated rings. The van der Waals surface area contributed by atoms with Gasteiger partial charge in [0.05, 0.1) is 0 Å². The molecule has 0 atom stereocenters. The third kappa shape index (κ3) is 3.54. The molecule has 3 nitrogen and oxygen atoms in total. The molecule has 3 heteroatoms. The van der Waals surface area contributed by atoms with Gasteiger partial charge in [-0.15, -0.1) is 0 Å². The Kier molecular flexibility index (Phi) is 4.59. The summed E-state index contributed by atoms with van der Waals surface area (Å²) < 4.78 is 6.04. The molecule has 0 radical (unpaired) electrons. The summed E-state index contributed by atoms with van der Waals surface area (Å²) in [6.45, 7) is 3.66. The molecule has 3 aromatic carbocycles. The van der Waals surface area contributed by atoms with E-state index in [1.165, 1.54) is 33.3 Å². The molecule has 1 aliphatic heterocycles. The lowest BCUT2D eigenvalue weighted by molar-refractivity contribution is 0.243. The quantitative estimate of drug-likeness (QED) is 0.517. The van der Waals surface area contributed by atoms with Crippen LogP contribution in [0.1, 0.15) is 22.4 Å². The van der Waals surface area contributed by atoms with Crippen molar-refractivity contribution in [2.75, 3.05) is 6.54 Å². The fraction of sp³-hybridized carbons (Fsp3) is 0.200. The van der Waals surface area contributed by atoms with Crippen molar-refractivity contribution < 1.29 is 4.74 Å². The highest BCUT2D eigenvalue weighted by Gasteiger charge is 2.21. The average molecular weight is 368 g/mol. The van der Waals surface area contributed by atoms with Crippen molar-refractivity contribution in [1.82, 2.24) is 9.88 Å². The molecule has 0 amide bonds. The van der Waals surface area contributed by atoms with Crippen molar-refractivity contribution >= 4 is 10.9 Å². The Labute approximate surface area is 165 Å². The Morgan fingerprint density at radius 2 is 1.61 bits per heavy atom. The van der Waals surface area contributed by atoms with Gasteiger partial charge in [-0.1, -0.05) is 60.7 Å². The first-order valence-electron chi connectivity index (χ1n) is 9.92. The number of fused-ring (bicyclic) bond motifs is 3. The largest absolute Gasteiger partial charge is 0.489 e. The third-order valence-electron chi connectivity index (χ3n) is 5.52. The SMILES string of the molecule is c1ccc(COc2ccc3[nH]c4c(c3c2)CCN(Cc2ccccc2)C4)cc1. The van der Waals surface area contributed by atoms with Gasteiger partial charge in [-0.25, -0.2) is 0 Å². The summed E-state index contributed by atoms with van der Waals surface area (Å²) >= 11 is 0. The van der Waals surface area contributed by atoms with Gasteiger partial charge >= 0.3 is 0 Å². The van der Waals surface area contributed by atoms with E-state index in [1.807, 2.05) is 18.2 Å². The van der Waals surface area contributed by atoms with Crippen LogP contribution in [0.3, 0.4) is 0 Å². The number of aromatic nitrogens is 1. The minimum atomic E-state index is 0.601. The molecule has 0 saturated heterocycles. The van der Waals surface area contributed by atoms with Gasteiger partial charge in [0.2, 0.25) is 0 Å². The molecule has 0 aliphatic carbocycles. The Balaban J connectivity index is 1.33. The number of benzene rings is 3. The maximum Gasteiger partial charge on any atom is 0.120 e. The van der Waals surface area contributed by atoms with E-state index < -0.39 is 0 Å². The molecule has 0 spiro atoms. The molecule has 1 N–H and O–H groups in total. The van der Waals surface area contributed by atoms with Crippen LogP contribution in [0, 0.1) is 0 Å². The molecule has 0 unspecified atom stereocenters. The predicted octanol–water partition coefficient (Wildman–Crippen LogP) is 5.31. The summed E-state index contributed by atoms with van der Waals surface area (Å²) in [5, 5.41) is 1.31. The lowest BCUT2D eigenvalue weighted by Gasteiger charge is -2.27. The van der Waals surface area contributed by atoms with E-state index in [4.69, 9.17) is 4.74 Å². The van der Waals surface area contributed by atoms with E-state index in [-0.39, 0.29) is 0 Å². The van der Waals surface area contributed by atoms with Crippen LogP contribution in [-0.2, 0) is 26.1 Å². The minimum Gasteiger partial charge on any atom is -0.489 e. The molecule has 1 aliphatic rings. The molecule has 5 rings (SSSR count). The maximum absolute atomic E-state index is 6.04. The van der Waals surface area contributed by atoms with Crippen molar-refractivity contribution in [2.45, 2.75) is 26.1 Å². The molecule has 2 heterocycles. The van der Waals surface area contributed by atoms with Crippen LogP contribution in [0.4, 0.5) is 0 Å². The lowest BCUT2D eigenvalue weighted by atomic mass is 10.0. The zero-order valence-electron chi connectivity index (χ0n) is 15.9. The fourth-order valence-corrected chi connectivity index (χ4v) is 4.08. The van der Waals surface area contributed by atoms with Crippen LogP contribution in [0.5, 0.6) is 5.75 Å². The van der Waals surface area contributed by atoms with E-state index in [1.54, 1.807) is 0 Å². The predicted molar refractivity (Wildman–Crippen MR) is 113 cm³/mol. The van der Waals surface area contributed by atoms with Gasteiger partial charge in [0.25, 0.3) is 0 Å². The first-order valence-corrected chi connectivity index (χ1v) is 9.92. The van der Waals surface area contributed by atoms with Crippen LogP contribution in [0.2, 0.25) is 0 Å². The number of ether oxygens (including phenoxy) is 1. The number of rotatable bonds is 5. The molecule has 0 bridgehead atoms. The third-order valence-corrected chi connectivity index (χ3v) is 5.52. The molecule has 0 saturated carbocycles. The zero-order chi connectivity index (χ0) is 18.8. The Hall–Kier alpha value is -3.04. The molecular weight excluding hydrogens is 344 g/mol. The van der Waals surface area contributed by atoms with Gasteiger partial charge in [-0.3, -0.25) is 4.90 Å². The maximum atomic E-state index is 6.04. The van der Waals surface area contributed by atoms with Crippen LogP contribution in [0.15, 0.2) is 78.9 Å². The topological polar surface area (TPSA) is 28.3 Å². The normalized spacial score (nSPS) is 14.1. The number of aromatic amines is 1. The molecule has 1 aromatic heterocycles. The summed E-state index contributed by atoms with van der Waals surface area (Å²) in [4.78, 5) is 6.15. The van der Waals surface area contributed by atoms with Gasteiger partial charge in [0, 0.05) is 36.2 Å². The van der Waals surface area contributed by atoms with Crippen LogP contribution < -0.4 is 4.74 Å². The van der Waals surface area contributed by atoms with Crippen molar-refractivity contribution in [3.05, 3.63) is 101 Å². The van der Waals surface area contributed by atoms with E-state index >= 15 is 0 Å². The summed E-state index contributed by atoms with van der Waals surface area (Å²) in [5.74, 6) is 0.935. The monoisotopic (exact) mass is 368 g/mol. The highest BCUT2D eigenvalue weighted by atomic mass is 16.5. The highest BCUT2D eigenvalue weighted by Crippen LogP contribution is 2.31. The summed E-state index contributed by atoms with van der Waals surface area (Å²) in [7, 11) is 0. The van der Waals surface area contributed by atoms with Crippen LogP contribution >= 0.6 is 0 Å². The Morgan fingerprint density at radius 3 is 2.39 bits per heavy atom. The van der Waals surface area contributed by atoms with Gasteiger partial charge in [-0.05, 0) is 41.3 Å². The number of H-pyrrole nitrogens is 1. The molecule has 28 heavy (non-hydrogen) atoms. The van der Waals surface area contributed by atoms with Gasteiger partial charge in [0.1, 0.15) is 12.4 Å². The standard InChI is InChI=1S/C25H24N2O/c1-3-7-19(8-4-1)16-27-14-13-22-23-15-21(11-12-24(23)26-25(22)17-27)28-18-20-9-5-2-6-10-20/h1-12,15,26H,13-14,16-18H2. The zero-order valence-corrected chi connectivity index (χ0v) is 15.9. The molecule has 140 valence electrons. The molecule has 4 aromatic rings. The van der Waals surface area contributed by atoms with Gasteiger partial charge in [0.15, 0.2) is 0 Å². The number of hydrogen-bond acceptors (Lipinski definition) is 2. The second kappa shape index (κ2) is 7.53. The first-order chi connectivity index (χ1) is 13.8. The van der Waals surface area contributed by atoms with Crippen molar-refractivity contribution in [1.29, 1.82) is 0 Å². The number of nitrogens with one attached hydrogen (secondary N) is 1. The lowest BCUT2D eigenvalue weighted by Crippen LogP contribution is -2.29. The summed E-state index contributed by atoms with van der Waals surface area (Å²) in [5.41, 5.74) is 6.56. The van der Waals surface area contributed by atoms with E-state index in [0.29, 0.717) is 6.61 Å². The van der Waals surface area contributed by atoms with Crippen molar-refractivity contribution in [3.8, 4) is 5.75 Å². The van der Waals surface area contributed by atoms with Crippen molar-refractivity contribution in [2.24, 2.45) is 0 Å². The Morgan fingerprint density at radius 1 is 0.857 bits per heavy atom. The van der Waals surface area contributed by atoms with E-state index in [0.717, 1.165) is 31.8 Å².